The number of rotatable bonds is 5. The molecule has 100 valence electrons. The molecule has 0 aromatic rings. The first-order chi connectivity index (χ1) is 8.25. The summed E-state index contributed by atoms with van der Waals surface area (Å²) in [5, 5.41) is 0. The van der Waals surface area contributed by atoms with Gasteiger partial charge in [0, 0.05) is 25.7 Å². The van der Waals surface area contributed by atoms with Crippen molar-refractivity contribution in [1.82, 2.24) is 4.90 Å². The monoisotopic (exact) mass is 240 g/mol. The number of hydrogen-bond acceptors (Lipinski definition) is 3. The van der Waals surface area contributed by atoms with Crippen molar-refractivity contribution in [3.8, 4) is 0 Å². The van der Waals surface area contributed by atoms with Gasteiger partial charge >= 0.3 is 0 Å². The molecule has 2 N–H and O–H groups in total. The summed E-state index contributed by atoms with van der Waals surface area (Å²) in [7, 11) is 2.21. The molecule has 1 aliphatic heterocycles. The van der Waals surface area contributed by atoms with Crippen LogP contribution in [-0.2, 0) is 4.74 Å². The zero-order chi connectivity index (χ0) is 12.1. The maximum atomic E-state index is 6.31. The highest BCUT2D eigenvalue weighted by Gasteiger charge is 2.24. The molecule has 2 fully saturated rings. The van der Waals surface area contributed by atoms with Crippen molar-refractivity contribution in [3.05, 3.63) is 0 Å². The average Bonchev–Trinajstić information content (AvgIpc) is 2.83. The Labute approximate surface area is 106 Å². The Kier molecular flexibility index (Phi) is 5.26. The number of ether oxygens (including phenoxy) is 1. The van der Waals surface area contributed by atoms with E-state index in [-0.39, 0.29) is 0 Å². The minimum atomic E-state index is 0.381. The second kappa shape index (κ2) is 6.72. The Morgan fingerprint density at radius 3 is 2.65 bits per heavy atom. The molecule has 3 nitrogen and oxygen atoms in total. The van der Waals surface area contributed by atoms with Gasteiger partial charge in [0.1, 0.15) is 0 Å². The van der Waals surface area contributed by atoms with E-state index in [1.807, 2.05) is 0 Å². The molecule has 0 aromatic heterocycles. The highest BCUT2D eigenvalue weighted by atomic mass is 16.5. The largest absolute Gasteiger partial charge is 0.381 e. The van der Waals surface area contributed by atoms with Crippen LogP contribution in [0, 0.1) is 11.8 Å². The maximum Gasteiger partial charge on any atom is 0.0506 e. The number of nitrogens with zero attached hydrogens (tertiary/aromatic N) is 1. The standard InChI is InChI=1S/C14H28N2O/c1-16(9-12-5-4-8-17-11-12)10-14(15)13-6-2-3-7-13/h12-14H,2-11,15H2,1H3. The third-order valence-electron chi connectivity index (χ3n) is 4.35. The topological polar surface area (TPSA) is 38.5 Å². The Bertz CT molecular complexity index is 210. The molecule has 0 radical (unpaired) electrons. The summed E-state index contributed by atoms with van der Waals surface area (Å²) in [5.41, 5.74) is 6.31. The molecule has 0 spiro atoms. The Morgan fingerprint density at radius 2 is 2.00 bits per heavy atom. The predicted octanol–water partition coefficient (Wildman–Crippen LogP) is 1.86. The van der Waals surface area contributed by atoms with E-state index in [1.165, 1.54) is 38.5 Å². The van der Waals surface area contributed by atoms with Crippen LogP contribution >= 0.6 is 0 Å². The Morgan fingerprint density at radius 1 is 1.24 bits per heavy atom. The third-order valence-corrected chi connectivity index (χ3v) is 4.35. The summed E-state index contributed by atoms with van der Waals surface area (Å²) in [4.78, 5) is 2.42. The summed E-state index contributed by atoms with van der Waals surface area (Å²) in [6.45, 7) is 4.12. The van der Waals surface area contributed by atoms with Gasteiger partial charge in [-0.25, -0.2) is 0 Å². The summed E-state index contributed by atoms with van der Waals surface area (Å²) < 4.78 is 5.53. The van der Waals surface area contributed by atoms with E-state index in [9.17, 15) is 0 Å². The van der Waals surface area contributed by atoms with Gasteiger partial charge in [0.15, 0.2) is 0 Å². The summed E-state index contributed by atoms with van der Waals surface area (Å²) in [6, 6.07) is 0.381. The fourth-order valence-electron chi connectivity index (χ4n) is 3.36. The fourth-order valence-corrected chi connectivity index (χ4v) is 3.36. The Hall–Kier alpha value is -0.120. The van der Waals surface area contributed by atoms with E-state index >= 15 is 0 Å². The molecular formula is C14H28N2O. The number of nitrogens with two attached hydrogens (primary N) is 1. The van der Waals surface area contributed by atoms with Gasteiger partial charge in [0.05, 0.1) is 6.61 Å². The lowest BCUT2D eigenvalue weighted by atomic mass is 9.97. The predicted molar refractivity (Wildman–Crippen MR) is 71.0 cm³/mol. The molecule has 17 heavy (non-hydrogen) atoms. The Balaban J connectivity index is 1.66. The van der Waals surface area contributed by atoms with Crippen LogP contribution in [0.4, 0.5) is 0 Å². The molecule has 1 aliphatic carbocycles. The molecule has 1 saturated heterocycles. The van der Waals surface area contributed by atoms with Gasteiger partial charge in [-0.2, -0.15) is 0 Å². The first kappa shape index (κ1) is 13.3. The van der Waals surface area contributed by atoms with Crippen molar-refractivity contribution in [2.45, 2.75) is 44.6 Å². The number of likely N-dealkylation sites (N-methyl/N-ethyl adjacent to an activating group) is 1. The SMILES string of the molecule is CN(CC1CCCOC1)CC(N)C1CCCC1. The van der Waals surface area contributed by atoms with E-state index in [2.05, 4.69) is 11.9 Å². The van der Waals surface area contributed by atoms with Crippen LogP contribution in [0.15, 0.2) is 0 Å². The summed E-state index contributed by atoms with van der Waals surface area (Å²) in [6.07, 6.45) is 8.02. The summed E-state index contributed by atoms with van der Waals surface area (Å²) >= 11 is 0. The second-order valence-electron chi connectivity index (χ2n) is 6.01. The lowest BCUT2D eigenvalue weighted by Crippen LogP contribution is -2.42. The van der Waals surface area contributed by atoms with Crippen molar-refractivity contribution in [2.24, 2.45) is 17.6 Å². The first-order valence-corrected chi connectivity index (χ1v) is 7.27. The molecule has 2 atom stereocenters. The number of hydrogen-bond donors (Lipinski definition) is 1. The van der Waals surface area contributed by atoms with Crippen molar-refractivity contribution in [2.75, 3.05) is 33.4 Å². The lowest BCUT2D eigenvalue weighted by molar-refractivity contribution is 0.0407. The van der Waals surface area contributed by atoms with Crippen LogP contribution in [0.25, 0.3) is 0 Å². The smallest absolute Gasteiger partial charge is 0.0506 e. The molecule has 1 saturated carbocycles. The highest BCUT2D eigenvalue weighted by molar-refractivity contribution is 4.80. The van der Waals surface area contributed by atoms with Gasteiger partial charge in [-0.05, 0) is 44.6 Å². The fraction of sp³-hybridized carbons (Fsp3) is 1.00. The van der Waals surface area contributed by atoms with Gasteiger partial charge in [-0.3, -0.25) is 0 Å². The van der Waals surface area contributed by atoms with Crippen molar-refractivity contribution in [3.63, 3.8) is 0 Å². The van der Waals surface area contributed by atoms with Crippen LogP contribution in [-0.4, -0.2) is 44.3 Å². The van der Waals surface area contributed by atoms with E-state index in [0.29, 0.717) is 6.04 Å². The molecular weight excluding hydrogens is 212 g/mol. The van der Waals surface area contributed by atoms with Crippen molar-refractivity contribution in [1.29, 1.82) is 0 Å². The molecule has 2 rings (SSSR count). The average molecular weight is 240 g/mol. The van der Waals surface area contributed by atoms with Crippen LogP contribution < -0.4 is 5.73 Å². The third kappa shape index (κ3) is 4.23. The molecule has 1 heterocycles. The second-order valence-corrected chi connectivity index (χ2v) is 6.01. The van der Waals surface area contributed by atoms with Crippen molar-refractivity contribution >= 4 is 0 Å². The molecule has 0 bridgehead atoms. The zero-order valence-electron chi connectivity index (χ0n) is 11.2. The maximum absolute atomic E-state index is 6.31. The minimum Gasteiger partial charge on any atom is -0.381 e. The van der Waals surface area contributed by atoms with Gasteiger partial charge in [-0.1, -0.05) is 12.8 Å². The van der Waals surface area contributed by atoms with Crippen molar-refractivity contribution < 1.29 is 4.74 Å². The van der Waals surface area contributed by atoms with Crippen LogP contribution in [0.2, 0.25) is 0 Å². The van der Waals surface area contributed by atoms with Crippen LogP contribution in [0.5, 0.6) is 0 Å². The molecule has 0 amide bonds. The van der Waals surface area contributed by atoms with E-state index in [1.54, 1.807) is 0 Å². The van der Waals surface area contributed by atoms with Crippen LogP contribution in [0.3, 0.4) is 0 Å². The first-order valence-electron chi connectivity index (χ1n) is 7.27. The van der Waals surface area contributed by atoms with E-state index in [4.69, 9.17) is 10.5 Å². The summed E-state index contributed by atoms with van der Waals surface area (Å²) in [5.74, 6) is 1.50. The minimum absolute atomic E-state index is 0.381. The lowest BCUT2D eigenvalue weighted by Gasteiger charge is -2.30. The molecule has 0 aromatic carbocycles. The molecule has 2 unspecified atom stereocenters. The highest BCUT2D eigenvalue weighted by Crippen LogP contribution is 2.27. The quantitative estimate of drug-likeness (QED) is 0.797. The molecule has 3 heteroatoms. The van der Waals surface area contributed by atoms with E-state index in [0.717, 1.165) is 38.1 Å². The van der Waals surface area contributed by atoms with Gasteiger partial charge in [0.2, 0.25) is 0 Å². The zero-order valence-corrected chi connectivity index (χ0v) is 11.2. The van der Waals surface area contributed by atoms with Gasteiger partial charge in [-0.15, -0.1) is 0 Å². The van der Waals surface area contributed by atoms with Gasteiger partial charge in [0.25, 0.3) is 0 Å². The van der Waals surface area contributed by atoms with Crippen LogP contribution in [0.1, 0.15) is 38.5 Å². The normalized spacial score (nSPS) is 28.8. The molecule has 2 aliphatic rings. The van der Waals surface area contributed by atoms with E-state index < -0.39 is 0 Å². The van der Waals surface area contributed by atoms with Gasteiger partial charge < -0.3 is 15.4 Å².